The number of rotatable bonds is 1. The molecule has 0 radical (unpaired) electrons. The van der Waals surface area contributed by atoms with Crippen molar-refractivity contribution in [2.24, 2.45) is 5.73 Å². The van der Waals surface area contributed by atoms with E-state index in [0.717, 1.165) is 10.0 Å². The zero-order chi connectivity index (χ0) is 11.0. The van der Waals surface area contributed by atoms with Gasteiger partial charge < -0.3 is 10.6 Å². The standard InChI is InChI=1S/C11H13BrN2O/c1-14-10(15)6-9(13)11(14)7-3-2-4-8(12)5-7/h2-5,9,11H,6,13H2,1H3. The van der Waals surface area contributed by atoms with Crippen molar-refractivity contribution < 1.29 is 4.79 Å². The summed E-state index contributed by atoms with van der Waals surface area (Å²) in [6, 6.07) is 7.85. The van der Waals surface area contributed by atoms with Crippen LogP contribution in [0.4, 0.5) is 0 Å². The van der Waals surface area contributed by atoms with Crippen LogP contribution in [0.15, 0.2) is 28.7 Å². The lowest BCUT2D eigenvalue weighted by Crippen LogP contribution is -2.30. The van der Waals surface area contributed by atoms with Gasteiger partial charge in [0.1, 0.15) is 0 Å². The van der Waals surface area contributed by atoms with Gasteiger partial charge in [-0.2, -0.15) is 0 Å². The summed E-state index contributed by atoms with van der Waals surface area (Å²) in [4.78, 5) is 13.2. The van der Waals surface area contributed by atoms with E-state index in [9.17, 15) is 4.79 Å². The summed E-state index contributed by atoms with van der Waals surface area (Å²) in [5.41, 5.74) is 7.05. The van der Waals surface area contributed by atoms with E-state index in [-0.39, 0.29) is 18.0 Å². The summed E-state index contributed by atoms with van der Waals surface area (Å²) in [6.45, 7) is 0. The van der Waals surface area contributed by atoms with Gasteiger partial charge in [0.25, 0.3) is 0 Å². The quantitative estimate of drug-likeness (QED) is 0.843. The molecule has 1 aromatic rings. The fourth-order valence-electron chi connectivity index (χ4n) is 2.06. The number of hydrogen-bond acceptors (Lipinski definition) is 2. The Morgan fingerprint density at radius 1 is 1.53 bits per heavy atom. The fourth-order valence-corrected chi connectivity index (χ4v) is 2.48. The van der Waals surface area contributed by atoms with Gasteiger partial charge in [0.15, 0.2) is 0 Å². The molecule has 15 heavy (non-hydrogen) atoms. The molecule has 2 rings (SSSR count). The number of hydrogen-bond donors (Lipinski definition) is 1. The minimum Gasteiger partial charge on any atom is -0.337 e. The van der Waals surface area contributed by atoms with Crippen LogP contribution in [0.25, 0.3) is 0 Å². The van der Waals surface area contributed by atoms with E-state index in [4.69, 9.17) is 5.73 Å². The molecule has 0 aliphatic carbocycles. The van der Waals surface area contributed by atoms with E-state index >= 15 is 0 Å². The van der Waals surface area contributed by atoms with Crippen LogP contribution in [0, 0.1) is 0 Å². The third-order valence-electron chi connectivity index (χ3n) is 2.82. The molecule has 0 spiro atoms. The van der Waals surface area contributed by atoms with E-state index in [1.807, 2.05) is 24.3 Å². The monoisotopic (exact) mass is 268 g/mol. The van der Waals surface area contributed by atoms with Gasteiger partial charge in [-0.3, -0.25) is 4.79 Å². The van der Waals surface area contributed by atoms with Crippen molar-refractivity contribution in [1.29, 1.82) is 0 Å². The number of nitrogens with zero attached hydrogens (tertiary/aromatic N) is 1. The maximum Gasteiger partial charge on any atom is 0.224 e. The predicted octanol–water partition coefficient (Wildman–Crippen LogP) is 1.68. The molecule has 1 amide bonds. The van der Waals surface area contributed by atoms with Gasteiger partial charge in [0, 0.05) is 24.0 Å². The van der Waals surface area contributed by atoms with Crippen molar-refractivity contribution in [2.45, 2.75) is 18.5 Å². The zero-order valence-electron chi connectivity index (χ0n) is 8.48. The molecule has 80 valence electrons. The van der Waals surface area contributed by atoms with Crippen molar-refractivity contribution in [3.05, 3.63) is 34.3 Å². The summed E-state index contributed by atoms with van der Waals surface area (Å²) in [5, 5.41) is 0. The normalized spacial score (nSPS) is 26.1. The highest BCUT2D eigenvalue weighted by Gasteiger charge is 2.35. The average molecular weight is 269 g/mol. The Morgan fingerprint density at radius 3 is 2.80 bits per heavy atom. The van der Waals surface area contributed by atoms with Crippen LogP contribution < -0.4 is 5.73 Å². The van der Waals surface area contributed by atoms with Crippen LogP contribution >= 0.6 is 15.9 Å². The maximum absolute atomic E-state index is 11.5. The van der Waals surface area contributed by atoms with Gasteiger partial charge in [0.05, 0.1) is 6.04 Å². The van der Waals surface area contributed by atoms with Crippen LogP contribution in [-0.4, -0.2) is 23.9 Å². The molecule has 0 saturated carbocycles. The highest BCUT2D eigenvalue weighted by atomic mass is 79.9. The van der Waals surface area contributed by atoms with Crippen LogP contribution in [0.2, 0.25) is 0 Å². The first-order valence-corrected chi connectivity index (χ1v) is 5.65. The summed E-state index contributed by atoms with van der Waals surface area (Å²) >= 11 is 3.42. The molecule has 2 N–H and O–H groups in total. The Hall–Kier alpha value is -0.870. The smallest absolute Gasteiger partial charge is 0.224 e. The summed E-state index contributed by atoms with van der Waals surface area (Å²) in [5.74, 6) is 0.118. The Balaban J connectivity index is 2.34. The second-order valence-corrected chi connectivity index (χ2v) is 4.79. The lowest BCUT2D eigenvalue weighted by atomic mass is 10.0. The van der Waals surface area contributed by atoms with E-state index in [0.29, 0.717) is 6.42 Å². The number of carbonyl (C=O) groups is 1. The first-order valence-electron chi connectivity index (χ1n) is 4.86. The second-order valence-electron chi connectivity index (χ2n) is 3.87. The molecule has 4 heteroatoms. The Morgan fingerprint density at radius 2 is 2.27 bits per heavy atom. The third-order valence-corrected chi connectivity index (χ3v) is 3.31. The number of amides is 1. The predicted molar refractivity (Wildman–Crippen MR) is 62.2 cm³/mol. The van der Waals surface area contributed by atoms with Crippen molar-refractivity contribution in [3.63, 3.8) is 0 Å². The number of nitrogens with two attached hydrogens (primary N) is 1. The van der Waals surface area contributed by atoms with E-state index in [2.05, 4.69) is 15.9 Å². The Labute approximate surface area is 97.4 Å². The van der Waals surface area contributed by atoms with Gasteiger partial charge in [-0.25, -0.2) is 0 Å². The highest BCUT2D eigenvalue weighted by molar-refractivity contribution is 9.10. The van der Waals surface area contributed by atoms with Gasteiger partial charge in [-0.1, -0.05) is 28.1 Å². The molecule has 3 nitrogen and oxygen atoms in total. The largest absolute Gasteiger partial charge is 0.337 e. The van der Waals surface area contributed by atoms with E-state index in [1.54, 1.807) is 11.9 Å². The number of benzene rings is 1. The SMILES string of the molecule is CN1C(=O)CC(N)C1c1cccc(Br)c1. The van der Waals surface area contributed by atoms with Crippen molar-refractivity contribution >= 4 is 21.8 Å². The summed E-state index contributed by atoms with van der Waals surface area (Å²) in [7, 11) is 1.81. The molecule has 1 heterocycles. The zero-order valence-corrected chi connectivity index (χ0v) is 10.1. The number of likely N-dealkylation sites (tertiary alicyclic amines) is 1. The molecule has 1 aliphatic heterocycles. The minimum absolute atomic E-state index is 0.00926. The molecule has 1 saturated heterocycles. The lowest BCUT2D eigenvalue weighted by Gasteiger charge is -2.23. The van der Waals surface area contributed by atoms with Crippen LogP contribution in [0.5, 0.6) is 0 Å². The van der Waals surface area contributed by atoms with Crippen molar-refractivity contribution in [1.82, 2.24) is 4.90 Å². The first-order chi connectivity index (χ1) is 7.09. The van der Waals surface area contributed by atoms with Gasteiger partial charge in [-0.15, -0.1) is 0 Å². The number of halogens is 1. The molecule has 1 aromatic carbocycles. The second kappa shape index (κ2) is 3.94. The third kappa shape index (κ3) is 1.92. The van der Waals surface area contributed by atoms with Gasteiger partial charge in [0.2, 0.25) is 5.91 Å². The van der Waals surface area contributed by atoms with E-state index in [1.165, 1.54) is 0 Å². The molecule has 2 atom stereocenters. The Bertz CT molecular complexity index is 394. The first kappa shape index (κ1) is 10.6. The fraction of sp³-hybridized carbons (Fsp3) is 0.364. The molecular weight excluding hydrogens is 256 g/mol. The molecule has 1 fully saturated rings. The van der Waals surface area contributed by atoms with Gasteiger partial charge >= 0.3 is 0 Å². The number of likely N-dealkylation sites (N-methyl/N-ethyl adjacent to an activating group) is 1. The van der Waals surface area contributed by atoms with Gasteiger partial charge in [-0.05, 0) is 17.7 Å². The van der Waals surface area contributed by atoms with Crippen molar-refractivity contribution in [2.75, 3.05) is 7.05 Å². The topological polar surface area (TPSA) is 46.3 Å². The molecule has 0 bridgehead atoms. The van der Waals surface area contributed by atoms with Crippen LogP contribution in [0.1, 0.15) is 18.0 Å². The summed E-state index contributed by atoms with van der Waals surface area (Å²) < 4.78 is 1.01. The molecular formula is C11H13BrN2O. The molecule has 2 unspecified atom stereocenters. The minimum atomic E-state index is -0.100. The van der Waals surface area contributed by atoms with E-state index < -0.39 is 0 Å². The highest BCUT2D eigenvalue weighted by Crippen LogP contribution is 2.31. The lowest BCUT2D eigenvalue weighted by molar-refractivity contribution is -0.127. The number of carbonyl (C=O) groups excluding carboxylic acids is 1. The molecule has 0 aromatic heterocycles. The Kier molecular flexibility index (Phi) is 2.80. The maximum atomic E-state index is 11.5. The average Bonchev–Trinajstić information content (AvgIpc) is 2.41. The molecule has 1 aliphatic rings. The van der Waals surface area contributed by atoms with Crippen LogP contribution in [0.3, 0.4) is 0 Å². The van der Waals surface area contributed by atoms with Crippen LogP contribution in [-0.2, 0) is 4.79 Å². The summed E-state index contributed by atoms with van der Waals surface area (Å²) in [6.07, 6.45) is 0.438. The van der Waals surface area contributed by atoms with Crippen molar-refractivity contribution in [3.8, 4) is 0 Å².